The lowest BCUT2D eigenvalue weighted by Crippen LogP contribution is -2.40. The highest BCUT2D eigenvalue weighted by molar-refractivity contribution is 5.78. The van der Waals surface area contributed by atoms with E-state index in [0.29, 0.717) is 0 Å². The Bertz CT molecular complexity index is 159. The van der Waals surface area contributed by atoms with Crippen LogP contribution in [0, 0.1) is 11.8 Å². The molecule has 1 amide bonds. The molecule has 0 radical (unpaired) electrons. The fraction of sp³-hybridized carbons (Fsp3) is 0.900. The molecule has 0 rings (SSSR count). The average Bonchev–Trinajstić information content (AvgIpc) is 2.14. The second-order valence-electron chi connectivity index (χ2n) is 3.77. The molecule has 0 aliphatic heterocycles. The van der Waals surface area contributed by atoms with Crippen molar-refractivity contribution in [2.75, 3.05) is 6.61 Å². The molecule has 0 fully saturated rings. The van der Waals surface area contributed by atoms with Crippen LogP contribution in [-0.2, 0) is 4.79 Å². The van der Waals surface area contributed by atoms with E-state index in [2.05, 4.69) is 5.32 Å². The van der Waals surface area contributed by atoms with Crippen molar-refractivity contribution in [1.29, 1.82) is 0 Å². The van der Waals surface area contributed by atoms with E-state index in [1.807, 2.05) is 27.7 Å². The minimum Gasteiger partial charge on any atom is -0.396 e. The first-order valence-electron chi connectivity index (χ1n) is 4.94. The van der Waals surface area contributed by atoms with Crippen LogP contribution in [0.2, 0.25) is 0 Å². The van der Waals surface area contributed by atoms with Gasteiger partial charge >= 0.3 is 0 Å². The summed E-state index contributed by atoms with van der Waals surface area (Å²) in [5.41, 5.74) is 0. The van der Waals surface area contributed by atoms with Crippen molar-refractivity contribution in [2.45, 2.75) is 40.2 Å². The lowest BCUT2D eigenvalue weighted by atomic mass is 10.0. The fourth-order valence-electron chi connectivity index (χ4n) is 0.852. The van der Waals surface area contributed by atoms with Crippen LogP contribution in [0.5, 0.6) is 0 Å². The van der Waals surface area contributed by atoms with Gasteiger partial charge in [-0.3, -0.25) is 4.79 Å². The minimum absolute atomic E-state index is 0.0477. The zero-order valence-electron chi connectivity index (χ0n) is 9.00. The molecule has 3 heteroatoms. The SMILES string of the molecule is CCC(C)C(=O)NC(C)C(C)CO. The Balaban J connectivity index is 3.91. The molecule has 0 saturated heterocycles. The molecule has 0 spiro atoms. The van der Waals surface area contributed by atoms with Crippen molar-refractivity contribution in [2.24, 2.45) is 11.8 Å². The number of aliphatic hydroxyl groups is 1. The molecule has 0 heterocycles. The van der Waals surface area contributed by atoms with Gasteiger partial charge < -0.3 is 10.4 Å². The van der Waals surface area contributed by atoms with Crippen LogP contribution in [0.15, 0.2) is 0 Å². The number of hydrogen-bond donors (Lipinski definition) is 2. The summed E-state index contributed by atoms with van der Waals surface area (Å²) in [6.45, 7) is 7.85. The third-order valence-corrected chi connectivity index (χ3v) is 2.57. The Kier molecular flexibility index (Phi) is 5.71. The highest BCUT2D eigenvalue weighted by atomic mass is 16.3. The number of carbonyl (C=O) groups excluding carboxylic acids is 1. The molecule has 3 nitrogen and oxygen atoms in total. The van der Waals surface area contributed by atoms with E-state index in [9.17, 15) is 4.79 Å². The van der Waals surface area contributed by atoms with E-state index >= 15 is 0 Å². The predicted octanol–water partition coefficient (Wildman–Crippen LogP) is 1.17. The van der Waals surface area contributed by atoms with Crippen LogP contribution < -0.4 is 5.32 Å². The average molecular weight is 187 g/mol. The van der Waals surface area contributed by atoms with Crippen molar-refractivity contribution >= 4 is 5.91 Å². The van der Waals surface area contributed by atoms with Crippen molar-refractivity contribution in [1.82, 2.24) is 5.32 Å². The zero-order valence-corrected chi connectivity index (χ0v) is 9.00. The van der Waals surface area contributed by atoms with Gasteiger partial charge in [-0.25, -0.2) is 0 Å². The molecule has 0 aromatic rings. The maximum atomic E-state index is 11.4. The number of amides is 1. The van der Waals surface area contributed by atoms with Gasteiger partial charge in [-0.2, -0.15) is 0 Å². The van der Waals surface area contributed by atoms with E-state index in [-0.39, 0.29) is 30.4 Å². The maximum absolute atomic E-state index is 11.4. The Labute approximate surface area is 80.5 Å². The molecular formula is C10H21NO2. The summed E-state index contributed by atoms with van der Waals surface area (Å²) in [6.07, 6.45) is 0.853. The van der Waals surface area contributed by atoms with Crippen molar-refractivity contribution in [3.05, 3.63) is 0 Å². The number of rotatable bonds is 5. The van der Waals surface area contributed by atoms with Gasteiger partial charge in [0.2, 0.25) is 5.91 Å². The summed E-state index contributed by atoms with van der Waals surface area (Å²) in [7, 11) is 0. The molecule has 0 aliphatic rings. The highest BCUT2D eigenvalue weighted by Crippen LogP contribution is 2.05. The van der Waals surface area contributed by atoms with Crippen LogP contribution in [0.4, 0.5) is 0 Å². The summed E-state index contributed by atoms with van der Waals surface area (Å²) < 4.78 is 0. The standard InChI is InChI=1S/C10H21NO2/c1-5-7(2)10(13)11-9(4)8(3)6-12/h7-9,12H,5-6H2,1-4H3,(H,11,13). The number of carbonyl (C=O) groups is 1. The Hall–Kier alpha value is -0.570. The second kappa shape index (κ2) is 5.97. The Morgan fingerprint density at radius 3 is 2.31 bits per heavy atom. The topological polar surface area (TPSA) is 49.3 Å². The van der Waals surface area contributed by atoms with Gasteiger partial charge in [0.05, 0.1) is 0 Å². The lowest BCUT2D eigenvalue weighted by molar-refractivity contribution is -0.125. The van der Waals surface area contributed by atoms with Gasteiger partial charge in [-0.15, -0.1) is 0 Å². The van der Waals surface area contributed by atoms with Gasteiger partial charge in [0.15, 0.2) is 0 Å². The van der Waals surface area contributed by atoms with E-state index in [1.54, 1.807) is 0 Å². The molecule has 0 aromatic carbocycles. The van der Waals surface area contributed by atoms with Gasteiger partial charge in [0.25, 0.3) is 0 Å². The van der Waals surface area contributed by atoms with Gasteiger partial charge in [0.1, 0.15) is 0 Å². The Morgan fingerprint density at radius 2 is 1.92 bits per heavy atom. The summed E-state index contributed by atoms with van der Waals surface area (Å²) >= 11 is 0. The van der Waals surface area contributed by atoms with Crippen molar-refractivity contribution in [3.8, 4) is 0 Å². The summed E-state index contributed by atoms with van der Waals surface area (Å²) in [6, 6.07) is 0.0477. The van der Waals surface area contributed by atoms with Crippen LogP contribution in [-0.4, -0.2) is 23.7 Å². The molecule has 0 aromatic heterocycles. The molecule has 0 bridgehead atoms. The van der Waals surface area contributed by atoms with E-state index in [1.165, 1.54) is 0 Å². The van der Waals surface area contributed by atoms with Crippen LogP contribution >= 0.6 is 0 Å². The van der Waals surface area contributed by atoms with Crippen LogP contribution in [0.3, 0.4) is 0 Å². The summed E-state index contributed by atoms with van der Waals surface area (Å²) in [5.74, 6) is 0.261. The van der Waals surface area contributed by atoms with Crippen LogP contribution in [0.1, 0.15) is 34.1 Å². The number of aliphatic hydroxyl groups excluding tert-OH is 1. The zero-order chi connectivity index (χ0) is 10.4. The minimum atomic E-state index is 0.0477. The van der Waals surface area contributed by atoms with Crippen molar-refractivity contribution < 1.29 is 9.90 Å². The van der Waals surface area contributed by atoms with E-state index in [0.717, 1.165) is 6.42 Å². The summed E-state index contributed by atoms with van der Waals surface area (Å²) in [5, 5.41) is 11.7. The van der Waals surface area contributed by atoms with E-state index < -0.39 is 0 Å². The van der Waals surface area contributed by atoms with Gasteiger partial charge in [0, 0.05) is 18.6 Å². The van der Waals surface area contributed by atoms with Crippen LogP contribution in [0.25, 0.3) is 0 Å². The van der Waals surface area contributed by atoms with Crippen molar-refractivity contribution in [3.63, 3.8) is 0 Å². The molecule has 78 valence electrons. The quantitative estimate of drug-likeness (QED) is 0.678. The molecule has 2 N–H and O–H groups in total. The monoisotopic (exact) mass is 187 g/mol. The molecular weight excluding hydrogens is 166 g/mol. The first kappa shape index (κ1) is 12.4. The number of nitrogens with one attached hydrogen (secondary N) is 1. The normalized spacial score (nSPS) is 17.6. The lowest BCUT2D eigenvalue weighted by Gasteiger charge is -2.21. The third kappa shape index (κ3) is 4.27. The Morgan fingerprint density at radius 1 is 1.38 bits per heavy atom. The highest BCUT2D eigenvalue weighted by Gasteiger charge is 2.16. The second-order valence-corrected chi connectivity index (χ2v) is 3.77. The largest absolute Gasteiger partial charge is 0.396 e. The molecule has 3 unspecified atom stereocenters. The predicted molar refractivity (Wildman–Crippen MR) is 53.3 cm³/mol. The fourth-order valence-corrected chi connectivity index (χ4v) is 0.852. The number of hydrogen-bond acceptors (Lipinski definition) is 2. The molecule has 13 heavy (non-hydrogen) atoms. The third-order valence-electron chi connectivity index (χ3n) is 2.57. The van der Waals surface area contributed by atoms with Gasteiger partial charge in [-0.1, -0.05) is 20.8 Å². The van der Waals surface area contributed by atoms with Gasteiger partial charge in [-0.05, 0) is 19.3 Å². The first-order valence-corrected chi connectivity index (χ1v) is 4.94. The maximum Gasteiger partial charge on any atom is 0.223 e. The molecule has 0 saturated carbocycles. The molecule has 3 atom stereocenters. The van der Waals surface area contributed by atoms with E-state index in [4.69, 9.17) is 5.11 Å². The smallest absolute Gasteiger partial charge is 0.223 e. The summed E-state index contributed by atoms with van der Waals surface area (Å²) in [4.78, 5) is 11.4. The molecule has 0 aliphatic carbocycles. The first-order chi connectivity index (χ1) is 6.02.